The monoisotopic (exact) mass is 315 g/mol. The molecule has 0 aliphatic heterocycles. The minimum atomic E-state index is -0.645. The van der Waals surface area contributed by atoms with E-state index in [0.717, 1.165) is 11.6 Å². The van der Waals surface area contributed by atoms with Crippen molar-refractivity contribution in [2.24, 2.45) is 0 Å². The van der Waals surface area contributed by atoms with Crippen molar-refractivity contribution in [3.63, 3.8) is 0 Å². The number of urea groups is 1. The van der Waals surface area contributed by atoms with Gasteiger partial charge in [0.2, 0.25) is 0 Å². The number of rotatable bonds is 4. The molecule has 2 rings (SSSR count). The highest BCUT2D eigenvalue weighted by molar-refractivity contribution is 5.97. The Kier molecular flexibility index (Phi) is 5.30. The summed E-state index contributed by atoms with van der Waals surface area (Å²) in [6.45, 7) is 1.86. The van der Waals surface area contributed by atoms with E-state index in [9.17, 15) is 14.0 Å². The fraction of sp³-hybridized carbons (Fsp3) is 0.176. The van der Waals surface area contributed by atoms with Crippen LogP contribution in [0, 0.1) is 5.82 Å². The van der Waals surface area contributed by atoms with Crippen LogP contribution in [0.2, 0.25) is 0 Å². The largest absolute Gasteiger partial charge is 0.355 e. The summed E-state index contributed by atoms with van der Waals surface area (Å²) in [7, 11) is 1.41. The molecule has 3 N–H and O–H groups in total. The molecule has 3 amide bonds. The second-order valence-corrected chi connectivity index (χ2v) is 5.00. The average Bonchev–Trinajstić information content (AvgIpc) is 2.56. The van der Waals surface area contributed by atoms with E-state index in [4.69, 9.17) is 0 Å². The molecule has 1 unspecified atom stereocenters. The molecule has 2 aromatic rings. The van der Waals surface area contributed by atoms with Crippen LogP contribution in [0.15, 0.2) is 48.5 Å². The maximum atomic E-state index is 13.6. The summed E-state index contributed by atoms with van der Waals surface area (Å²) in [5.41, 5.74) is 1.18. The Labute approximate surface area is 133 Å². The van der Waals surface area contributed by atoms with Crippen molar-refractivity contribution in [1.29, 1.82) is 0 Å². The highest BCUT2D eigenvalue weighted by Gasteiger charge is 2.13. The van der Waals surface area contributed by atoms with Gasteiger partial charge in [0, 0.05) is 12.7 Å². The van der Waals surface area contributed by atoms with E-state index >= 15 is 0 Å². The van der Waals surface area contributed by atoms with E-state index in [1.807, 2.05) is 37.3 Å². The molecule has 120 valence electrons. The number of hydrogen-bond acceptors (Lipinski definition) is 2. The Morgan fingerprint density at radius 3 is 2.43 bits per heavy atom. The van der Waals surface area contributed by atoms with Gasteiger partial charge >= 0.3 is 6.03 Å². The number of anilines is 1. The molecule has 2 aromatic carbocycles. The van der Waals surface area contributed by atoms with Gasteiger partial charge in [-0.25, -0.2) is 9.18 Å². The van der Waals surface area contributed by atoms with Crippen molar-refractivity contribution in [3.8, 4) is 0 Å². The summed E-state index contributed by atoms with van der Waals surface area (Å²) in [6.07, 6.45) is 0. The first-order valence-corrected chi connectivity index (χ1v) is 7.15. The van der Waals surface area contributed by atoms with Gasteiger partial charge in [-0.15, -0.1) is 0 Å². The maximum absolute atomic E-state index is 13.6. The molecule has 6 heteroatoms. The van der Waals surface area contributed by atoms with Crippen molar-refractivity contribution in [1.82, 2.24) is 10.6 Å². The van der Waals surface area contributed by atoms with Crippen LogP contribution in [0.5, 0.6) is 0 Å². The summed E-state index contributed by atoms with van der Waals surface area (Å²) in [6, 6.07) is 12.7. The Bertz CT molecular complexity index is 704. The highest BCUT2D eigenvalue weighted by Crippen LogP contribution is 2.16. The van der Waals surface area contributed by atoms with Crippen LogP contribution in [0.1, 0.15) is 28.9 Å². The molecule has 0 aliphatic carbocycles. The molecule has 0 heterocycles. The van der Waals surface area contributed by atoms with Gasteiger partial charge in [0.15, 0.2) is 0 Å². The third kappa shape index (κ3) is 4.29. The van der Waals surface area contributed by atoms with Crippen molar-refractivity contribution < 1.29 is 14.0 Å². The van der Waals surface area contributed by atoms with Gasteiger partial charge in [-0.3, -0.25) is 4.79 Å². The van der Waals surface area contributed by atoms with Gasteiger partial charge in [0.25, 0.3) is 5.91 Å². The van der Waals surface area contributed by atoms with E-state index in [-0.39, 0.29) is 11.6 Å². The van der Waals surface area contributed by atoms with Crippen LogP contribution < -0.4 is 16.0 Å². The third-order valence-corrected chi connectivity index (χ3v) is 3.34. The zero-order valence-electron chi connectivity index (χ0n) is 12.9. The first-order chi connectivity index (χ1) is 11.0. The lowest BCUT2D eigenvalue weighted by atomic mass is 10.1. The Morgan fingerprint density at radius 2 is 1.78 bits per heavy atom. The number of amides is 3. The van der Waals surface area contributed by atoms with Gasteiger partial charge in [-0.05, 0) is 30.7 Å². The third-order valence-electron chi connectivity index (χ3n) is 3.34. The fourth-order valence-corrected chi connectivity index (χ4v) is 2.10. The minimum absolute atomic E-state index is 0.124. The van der Waals surface area contributed by atoms with Crippen molar-refractivity contribution in [3.05, 3.63) is 65.5 Å². The maximum Gasteiger partial charge on any atom is 0.319 e. The van der Waals surface area contributed by atoms with E-state index in [2.05, 4.69) is 16.0 Å². The van der Waals surface area contributed by atoms with E-state index in [1.54, 1.807) is 0 Å². The van der Waals surface area contributed by atoms with Gasteiger partial charge < -0.3 is 16.0 Å². The minimum Gasteiger partial charge on any atom is -0.355 e. The Morgan fingerprint density at radius 1 is 1.09 bits per heavy atom. The van der Waals surface area contributed by atoms with Crippen LogP contribution >= 0.6 is 0 Å². The summed E-state index contributed by atoms with van der Waals surface area (Å²) in [5, 5.41) is 7.72. The van der Waals surface area contributed by atoms with Crippen LogP contribution in [0.3, 0.4) is 0 Å². The SMILES string of the molecule is CNC(=O)c1cc(NC(=O)NC(C)c2ccccc2)ccc1F. The van der Waals surface area contributed by atoms with Gasteiger partial charge in [-0.2, -0.15) is 0 Å². The van der Waals surface area contributed by atoms with E-state index < -0.39 is 17.8 Å². The predicted octanol–water partition coefficient (Wildman–Crippen LogP) is 3.07. The molecule has 0 saturated heterocycles. The molecule has 0 saturated carbocycles. The Balaban J connectivity index is 2.04. The summed E-state index contributed by atoms with van der Waals surface area (Å²) in [5.74, 6) is -1.20. The molecule has 0 fully saturated rings. The smallest absolute Gasteiger partial charge is 0.319 e. The lowest BCUT2D eigenvalue weighted by Crippen LogP contribution is -2.31. The summed E-state index contributed by atoms with van der Waals surface area (Å²) < 4.78 is 13.6. The predicted molar refractivity (Wildman–Crippen MR) is 86.8 cm³/mol. The summed E-state index contributed by atoms with van der Waals surface area (Å²) in [4.78, 5) is 23.6. The number of halogens is 1. The highest BCUT2D eigenvalue weighted by atomic mass is 19.1. The van der Waals surface area contributed by atoms with Crippen LogP contribution in [-0.4, -0.2) is 19.0 Å². The summed E-state index contributed by atoms with van der Waals surface area (Å²) >= 11 is 0. The number of carbonyl (C=O) groups excluding carboxylic acids is 2. The van der Waals surface area contributed by atoms with Gasteiger partial charge in [0.05, 0.1) is 11.6 Å². The lowest BCUT2D eigenvalue weighted by molar-refractivity contribution is 0.0959. The molecular weight excluding hydrogens is 297 g/mol. The molecule has 5 nitrogen and oxygen atoms in total. The van der Waals surface area contributed by atoms with Crippen molar-refractivity contribution in [2.45, 2.75) is 13.0 Å². The molecular formula is C17H18FN3O2. The quantitative estimate of drug-likeness (QED) is 0.811. The molecule has 0 spiro atoms. The first-order valence-electron chi connectivity index (χ1n) is 7.15. The zero-order valence-corrected chi connectivity index (χ0v) is 12.9. The second-order valence-electron chi connectivity index (χ2n) is 5.00. The van der Waals surface area contributed by atoms with Gasteiger partial charge in [0.1, 0.15) is 5.82 Å². The number of benzene rings is 2. The Hall–Kier alpha value is -2.89. The van der Waals surface area contributed by atoms with Crippen LogP contribution in [0.25, 0.3) is 0 Å². The molecule has 1 atom stereocenters. The van der Waals surface area contributed by atoms with Crippen LogP contribution in [0.4, 0.5) is 14.9 Å². The topological polar surface area (TPSA) is 70.2 Å². The fourth-order valence-electron chi connectivity index (χ4n) is 2.10. The number of nitrogens with one attached hydrogen (secondary N) is 3. The zero-order chi connectivity index (χ0) is 16.8. The number of carbonyl (C=O) groups is 2. The first kappa shape index (κ1) is 16.5. The lowest BCUT2D eigenvalue weighted by Gasteiger charge is -2.15. The molecule has 0 aliphatic rings. The second kappa shape index (κ2) is 7.40. The molecule has 0 bridgehead atoms. The van der Waals surface area contributed by atoms with Crippen LogP contribution in [-0.2, 0) is 0 Å². The van der Waals surface area contributed by atoms with Gasteiger partial charge in [-0.1, -0.05) is 30.3 Å². The van der Waals surface area contributed by atoms with E-state index in [0.29, 0.717) is 5.69 Å². The molecule has 0 radical (unpaired) electrons. The average molecular weight is 315 g/mol. The number of hydrogen-bond donors (Lipinski definition) is 3. The van der Waals surface area contributed by atoms with Crippen molar-refractivity contribution >= 4 is 17.6 Å². The standard InChI is InChI=1S/C17H18FN3O2/c1-11(12-6-4-3-5-7-12)20-17(23)21-13-8-9-15(18)14(10-13)16(22)19-2/h3-11H,1-2H3,(H,19,22)(H2,20,21,23). The van der Waals surface area contributed by atoms with Crippen molar-refractivity contribution in [2.75, 3.05) is 12.4 Å². The van der Waals surface area contributed by atoms with E-state index in [1.165, 1.54) is 19.2 Å². The normalized spacial score (nSPS) is 11.4. The molecule has 0 aromatic heterocycles. The molecule has 23 heavy (non-hydrogen) atoms.